The number of carbonyl (C=O) groups excluding carboxylic acids is 1. The molecule has 0 fully saturated rings. The van der Waals surface area contributed by atoms with Crippen molar-refractivity contribution in [3.05, 3.63) is 45.1 Å². The highest BCUT2D eigenvalue weighted by molar-refractivity contribution is 7.16. The number of fused-ring (bicyclic) bond motifs is 1. The Morgan fingerprint density at radius 1 is 1.43 bits per heavy atom. The molecule has 2 aromatic heterocycles. The molecular formula is C15H14N4O3S. The highest BCUT2D eigenvalue weighted by Gasteiger charge is 2.19. The molecule has 3 aromatic rings. The zero-order valence-electron chi connectivity index (χ0n) is 12.6. The van der Waals surface area contributed by atoms with Gasteiger partial charge < -0.3 is 0 Å². The summed E-state index contributed by atoms with van der Waals surface area (Å²) in [7, 11) is 0. The highest BCUT2D eigenvalue weighted by Crippen LogP contribution is 2.28. The molecule has 1 aromatic carbocycles. The minimum Gasteiger partial charge on any atom is -0.296 e. The van der Waals surface area contributed by atoms with Gasteiger partial charge in [0.25, 0.3) is 5.69 Å². The van der Waals surface area contributed by atoms with Crippen LogP contribution >= 0.6 is 11.3 Å². The predicted molar refractivity (Wildman–Crippen MR) is 86.9 cm³/mol. The largest absolute Gasteiger partial charge is 0.296 e. The molecule has 0 aliphatic carbocycles. The van der Waals surface area contributed by atoms with Gasteiger partial charge in [-0.25, -0.2) is 4.98 Å². The van der Waals surface area contributed by atoms with Gasteiger partial charge in [-0.2, -0.15) is 9.61 Å². The van der Waals surface area contributed by atoms with E-state index in [0.29, 0.717) is 34.1 Å². The van der Waals surface area contributed by atoms with Crippen LogP contribution in [0.2, 0.25) is 0 Å². The first kappa shape index (κ1) is 15.3. The van der Waals surface area contributed by atoms with E-state index in [0.717, 1.165) is 11.4 Å². The van der Waals surface area contributed by atoms with E-state index in [1.165, 1.54) is 28.0 Å². The van der Waals surface area contributed by atoms with Crippen LogP contribution in [0.25, 0.3) is 16.2 Å². The van der Waals surface area contributed by atoms with Crippen molar-refractivity contribution in [1.82, 2.24) is 14.6 Å². The molecule has 0 bridgehead atoms. The van der Waals surface area contributed by atoms with Gasteiger partial charge in [0.05, 0.1) is 4.92 Å². The van der Waals surface area contributed by atoms with Gasteiger partial charge in [0.1, 0.15) is 16.4 Å². The first-order valence-corrected chi connectivity index (χ1v) is 7.89. The monoisotopic (exact) mass is 330 g/mol. The fourth-order valence-electron chi connectivity index (χ4n) is 2.32. The molecule has 0 radical (unpaired) electrons. The van der Waals surface area contributed by atoms with Crippen molar-refractivity contribution in [2.45, 2.75) is 20.3 Å². The second-order valence-corrected chi connectivity index (χ2v) is 6.60. The molecule has 118 valence electrons. The molecule has 0 amide bonds. The summed E-state index contributed by atoms with van der Waals surface area (Å²) in [5.74, 6) is 0.460. The predicted octanol–water partition coefficient (Wildman–Crippen LogP) is 3.38. The number of carbonyl (C=O) groups is 1. The maximum atomic E-state index is 11.5. The molecule has 0 spiro atoms. The number of imidazole rings is 1. The summed E-state index contributed by atoms with van der Waals surface area (Å²) in [5.41, 5.74) is 1.22. The summed E-state index contributed by atoms with van der Waals surface area (Å²) in [6, 6.07) is 6.09. The SMILES string of the molecule is CC(C)Cc1nn2c(C=O)c(-c3cccc([N+](=O)[O-])c3)nc2s1. The molecule has 0 unspecified atom stereocenters. The van der Waals surface area contributed by atoms with Gasteiger partial charge in [0.15, 0.2) is 6.29 Å². The number of aldehydes is 1. The minimum atomic E-state index is -0.471. The number of non-ortho nitro benzene ring substituents is 1. The Bertz CT molecular complexity index is 897. The summed E-state index contributed by atoms with van der Waals surface area (Å²) in [4.78, 5) is 27.0. The zero-order valence-corrected chi connectivity index (χ0v) is 13.4. The molecular weight excluding hydrogens is 316 g/mol. The molecule has 0 saturated carbocycles. The van der Waals surface area contributed by atoms with Crippen molar-refractivity contribution in [2.24, 2.45) is 5.92 Å². The molecule has 7 nitrogen and oxygen atoms in total. The second kappa shape index (κ2) is 5.88. The third-order valence-corrected chi connectivity index (χ3v) is 4.24. The van der Waals surface area contributed by atoms with Crippen LogP contribution in [0.1, 0.15) is 29.3 Å². The Balaban J connectivity index is 2.11. The van der Waals surface area contributed by atoms with Crippen molar-refractivity contribution in [3.8, 4) is 11.3 Å². The number of nitro benzene ring substituents is 1. The first-order valence-electron chi connectivity index (χ1n) is 7.08. The lowest BCUT2D eigenvalue weighted by Crippen LogP contribution is -1.98. The van der Waals surface area contributed by atoms with Crippen LogP contribution in [0, 0.1) is 16.0 Å². The Kier molecular flexibility index (Phi) is 3.91. The molecule has 3 rings (SSSR count). The molecule has 0 aliphatic heterocycles. The Hall–Kier alpha value is -2.61. The van der Waals surface area contributed by atoms with Gasteiger partial charge in [-0.15, -0.1) is 0 Å². The van der Waals surface area contributed by atoms with E-state index in [-0.39, 0.29) is 5.69 Å². The van der Waals surface area contributed by atoms with Crippen LogP contribution < -0.4 is 0 Å². The van der Waals surface area contributed by atoms with Gasteiger partial charge in [-0.3, -0.25) is 14.9 Å². The third kappa shape index (κ3) is 2.85. The van der Waals surface area contributed by atoms with E-state index in [1.807, 2.05) is 0 Å². The topological polar surface area (TPSA) is 90.4 Å². The average molecular weight is 330 g/mol. The fourth-order valence-corrected chi connectivity index (χ4v) is 3.43. The number of nitro groups is 1. The summed E-state index contributed by atoms with van der Waals surface area (Å²) < 4.78 is 1.52. The number of hydrogen-bond acceptors (Lipinski definition) is 6. The summed E-state index contributed by atoms with van der Waals surface area (Å²) in [6.07, 6.45) is 1.51. The third-order valence-electron chi connectivity index (χ3n) is 3.30. The smallest absolute Gasteiger partial charge is 0.270 e. The Labute approximate surface area is 135 Å². The molecule has 0 N–H and O–H groups in total. The molecule has 0 atom stereocenters. The number of benzene rings is 1. The Morgan fingerprint density at radius 3 is 2.87 bits per heavy atom. The molecule has 23 heavy (non-hydrogen) atoms. The van der Waals surface area contributed by atoms with Crippen molar-refractivity contribution in [1.29, 1.82) is 0 Å². The molecule has 2 heterocycles. The van der Waals surface area contributed by atoms with Crippen LogP contribution in [0.5, 0.6) is 0 Å². The average Bonchev–Trinajstić information content (AvgIpc) is 3.03. The lowest BCUT2D eigenvalue weighted by atomic mass is 10.1. The van der Waals surface area contributed by atoms with Crippen LogP contribution in [-0.2, 0) is 6.42 Å². The molecule has 8 heteroatoms. The van der Waals surface area contributed by atoms with E-state index in [9.17, 15) is 14.9 Å². The quantitative estimate of drug-likeness (QED) is 0.406. The standard InChI is InChI=1S/C15H14N4O3S/c1-9(2)6-13-17-18-12(8-20)14(16-15(18)23-13)10-4-3-5-11(7-10)19(21)22/h3-5,7-9H,6H2,1-2H3. The van der Waals surface area contributed by atoms with Crippen LogP contribution in [-0.4, -0.2) is 25.8 Å². The molecule has 0 saturated heterocycles. The van der Waals surface area contributed by atoms with Crippen molar-refractivity contribution in [2.75, 3.05) is 0 Å². The minimum absolute atomic E-state index is 0.0378. The van der Waals surface area contributed by atoms with E-state index >= 15 is 0 Å². The van der Waals surface area contributed by atoms with Crippen LogP contribution in [0.4, 0.5) is 5.69 Å². The number of aromatic nitrogens is 3. The van der Waals surface area contributed by atoms with E-state index in [2.05, 4.69) is 23.9 Å². The van der Waals surface area contributed by atoms with Gasteiger partial charge in [-0.1, -0.05) is 37.3 Å². The second-order valence-electron chi connectivity index (χ2n) is 5.56. The van der Waals surface area contributed by atoms with Crippen LogP contribution in [0.15, 0.2) is 24.3 Å². The van der Waals surface area contributed by atoms with Gasteiger partial charge >= 0.3 is 0 Å². The number of rotatable bonds is 5. The Morgan fingerprint density at radius 2 is 2.22 bits per heavy atom. The highest BCUT2D eigenvalue weighted by atomic mass is 32.1. The van der Waals surface area contributed by atoms with E-state index in [4.69, 9.17) is 0 Å². The normalized spacial score (nSPS) is 11.3. The van der Waals surface area contributed by atoms with E-state index in [1.54, 1.807) is 12.1 Å². The maximum Gasteiger partial charge on any atom is 0.270 e. The van der Waals surface area contributed by atoms with Crippen molar-refractivity contribution >= 4 is 28.3 Å². The first-order chi connectivity index (χ1) is 11.0. The fraction of sp³-hybridized carbons (Fsp3) is 0.267. The summed E-state index contributed by atoms with van der Waals surface area (Å²) in [5, 5.41) is 16.3. The molecule has 0 aliphatic rings. The van der Waals surface area contributed by atoms with Gasteiger partial charge in [-0.05, 0) is 5.92 Å². The van der Waals surface area contributed by atoms with Gasteiger partial charge in [0, 0.05) is 24.1 Å². The summed E-state index contributed by atoms with van der Waals surface area (Å²) in [6.45, 7) is 4.19. The maximum absolute atomic E-state index is 11.5. The lowest BCUT2D eigenvalue weighted by molar-refractivity contribution is -0.384. The summed E-state index contributed by atoms with van der Waals surface area (Å²) >= 11 is 1.43. The van der Waals surface area contributed by atoms with Crippen molar-refractivity contribution in [3.63, 3.8) is 0 Å². The number of hydrogen-bond donors (Lipinski definition) is 0. The van der Waals surface area contributed by atoms with Gasteiger partial charge in [0.2, 0.25) is 4.96 Å². The van der Waals surface area contributed by atoms with Crippen LogP contribution in [0.3, 0.4) is 0 Å². The number of nitrogens with zero attached hydrogens (tertiary/aromatic N) is 4. The zero-order chi connectivity index (χ0) is 16.6. The lowest BCUT2D eigenvalue weighted by Gasteiger charge is -2.00. The van der Waals surface area contributed by atoms with Crippen molar-refractivity contribution < 1.29 is 9.72 Å². The van der Waals surface area contributed by atoms with E-state index < -0.39 is 4.92 Å².